The average Bonchev–Trinajstić information content (AvgIpc) is 3.16. The van der Waals surface area contributed by atoms with Gasteiger partial charge in [0.1, 0.15) is 6.04 Å². The van der Waals surface area contributed by atoms with Gasteiger partial charge in [0.2, 0.25) is 5.91 Å². The second-order valence-electron chi connectivity index (χ2n) is 8.45. The van der Waals surface area contributed by atoms with E-state index in [0.717, 1.165) is 18.5 Å². The highest BCUT2D eigenvalue weighted by Gasteiger charge is 2.38. The van der Waals surface area contributed by atoms with E-state index in [2.05, 4.69) is 10.3 Å². The molecule has 2 heterocycles. The first kappa shape index (κ1) is 22.6. The highest BCUT2D eigenvalue weighted by atomic mass is 16.6. The van der Waals surface area contributed by atoms with E-state index in [1.54, 1.807) is 24.2 Å². The molecule has 1 aromatic rings. The Bertz CT molecular complexity index is 707. The molecule has 0 bridgehead atoms. The second-order valence-corrected chi connectivity index (χ2v) is 8.45. The van der Waals surface area contributed by atoms with Crippen molar-refractivity contribution in [2.24, 2.45) is 13.0 Å². The molecule has 2 fully saturated rings. The van der Waals surface area contributed by atoms with Crippen LogP contribution in [-0.2, 0) is 23.0 Å². The molecule has 2 amide bonds. The van der Waals surface area contributed by atoms with Gasteiger partial charge in [-0.05, 0) is 25.6 Å². The number of carbonyl (C=O) groups excluding carboxylic acids is 2. The van der Waals surface area contributed by atoms with Crippen molar-refractivity contribution >= 4 is 19.1 Å². The molecule has 0 spiro atoms. The zero-order chi connectivity index (χ0) is 21.5. The number of aromatic nitrogens is 2. The zero-order valence-corrected chi connectivity index (χ0v) is 18.1. The highest BCUT2D eigenvalue weighted by Crippen LogP contribution is 2.24. The van der Waals surface area contributed by atoms with Gasteiger partial charge in [-0.25, -0.2) is 9.78 Å². The van der Waals surface area contributed by atoms with Gasteiger partial charge in [0, 0.05) is 51.5 Å². The molecular formula is C20H34BN5O4. The molecule has 1 aliphatic heterocycles. The molecule has 0 unspecified atom stereocenters. The van der Waals surface area contributed by atoms with Gasteiger partial charge < -0.3 is 24.5 Å². The fraction of sp³-hybridized carbons (Fsp3) is 0.750. The summed E-state index contributed by atoms with van der Waals surface area (Å²) in [7, 11) is 1.24. The minimum absolute atomic E-state index is 0.225. The Hall–Kier alpha value is -2.07. The predicted molar refractivity (Wildman–Crippen MR) is 114 cm³/mol. The summed E-state index contributed by atoms with van der Waals surface area (Å²) in [6.45, 7) is 3.70. The minimum atomic E-state index is -0.682. The van der Waals surface area contributed by atoms with Crippen LogP contribution in [0.1, 0.15) is 37.8 Å². The lowest BCUT2D eigenvalue weighted by atomic mass is 9.83. The summed E-state index contributed by atoms with van der Waals surface area (Å²) in [6, 6.07) is -0.682. The summed E-state index contributed by atoms with van der Waals surface area (Å²) < 4.78 is 7.50. The molecule has 1 aromatic heterocycles. The summed E-state index contributed by atoms with van der Waals surface area (Å²) >= 11 is 0. The monoisotopic (exact) mass is 419 g/mol. The van der Waals surface area contributed by atoms with Crippen LogP contribution in [0.3, 0.4) is 0 Å². The van der Waals surface area contributed by atoms with E-state index in [1.807, 2.05) is 11.6 Å². The van der Waals surface area contributed by atoms with Gasteiger partial charge in [0.05, 0.1) is 12.9 Å². The Morgan fingerprint density at radius 3 is 2.73 bits per heavy atom. The van der Waals surface area contributed by atoms with Crippen LogP contribution >= 0.6 is 0 Å². The average molecular weight is 419 g/mol. The van der Waals surface area contributed by atoms with Crippen LogP contribution in [0.25, 0.3) is 0 Å². The van der Waals surface area contributed by atoms with Crippen LogP contribution in [0.4, 0.5) is 4.79 Å². The summed E-state index contributed by atoms with van der Waals surface area (Å²) in [5.74, 6) is 0.199. The maximum absolute atomic E-state index is 12.9. The van der Waals surface area contributed by atoms with Crippen molar-refractivity contribution in [1.29, 1.82) is 0 Å². The number of hydrogen-bond acceptors (Lipinski definition) is 6. The van der Waals surface area contributed by atoms with Crippen molar-refractivity contribution in [1.82, 2.24) is 24.6 Å². The molecule has 1 aliphatic carbocycles. The van der Waals surface area contributed by atoms with Crippen LogP contribution in [0.5, 0.6) is 0 Å². The summed E-state index contributed by atoms with van der Waals surface area (Å²) in [5.41, 5.74) is 1.02. The van der Waals surface area contributed by atoms with Gasteiger partial charge >= 0.3 is 13.1 Å². The van der Waals surface area contributed by atoms with Gasteiger partial charge in [-0.2, -0.15) is 0 Å². The SMILES string of the molecule is CB(O)N1CCN(C(=O)OCC2CCCCC2)[C@@H](C(=O)NCCc2cncn2C)C1. The van der Waals surface area contributed by atoms with Crippen molar-refractivity contribution in [2.45, 2.75) is 51.4 Å². The molecule has 3 rings (SSSR count). The van der Waals surface area contributed by atoms with Crippen molar-refractivity contribution in [3.63, 3.8) is 0 Å². The summed E-state index contributed by atoms with van der Waals surface area (Å²) in [6.07, 6.45) is 9.56. The highest BCUT2D eigenvalue weighted by molar-refractivity contribution is 6.45. The van der Waals surface area contributed by atoms with Crippen molar-refractivity contribution in [3.05, 3.63) is 18.2 Å². The van der Waals surface area contributed by atoms with Gasteiger partial charge in [-0.15, -0.1) is 0 Å². The minimum Gasteiger partial charge on any atom is -0.449 e. The van der Waals surface area contributed by atoms with Crippen molar-refractivity contribution in [2.75, 3.05) is 32.8 Å². The zero-order valence-electron chi connectivity index (χ0n) is 18.1. The quantitative estimate of drug-likeness (QED) is 0.637. The Labute approximate surface area is 178 Å². The molecule has 0 aromatic carbocycles. The Kier molecular flexibility index (Phi) is 8.15. The Morgan fingerprint density at radius 1 is 1.30 bits per heavy atom. The van der Waals surface area contributed by atoms with Crippen LogP contribution in [0.2, 0.25) is 6.82 Å². The standard InChI is InChI=1S/C20H34BN5O4/c1-21(29)25-10-11-26(20(28)30-14-16-6-4-3-5-7-16)18(13-25)19(27)23-9-8-17-12-22-15-24(17)2/h12,15-16,18,29H,3-11,13-14H2,1-2H3,(H,23,27)/t18-/m1/s1. The maximum atomic E-state index is 12.9. The molecule has 1 saturated heterocycles. The molecule has 1 atom stereocenters. The number of aryl methyl sites for hydroxylation is 1. The fourth-order valence-corrected chi connectivity index (χ4v) is 4.27. The van der Waals surface area contributed by atoms with E-state index in [9.17, 15) is 14.6 Å². The van der Waals surface area contributed by atoms with E-state index in [1.165, 1.54) is 24.2 Å². The van der Waals surface area contributed by atoms with E-state index in [0.29, 0.717) is 38.6 Å². The number of hydrogen-bond donors (Lipinski definition) is 2. The lowest BCUT2D eigenvalue weighted by Crippen LogP contribution is -2.63. The molecule has 2 N–H and O–H groups in total. The van der Waals surface area contributed by atoms with Crippen LogP contribution in [-0.4, -0.2) is 82.2 Å². The first-order valence-electron chi connectivity index (χ1n) is 11.0. The number of piperazine rings is 1. The number of ether oxygens (including phenoxy) is 1. The molecular weight excluding hydrogens is 385 g/mol. The lowest BCUT2D eigenvalue weighted by molar-refractivity contribution is -0.127. The van der Waals surface area contributed by atoms with E-state index >= 15 is 0 Å². The number of nitrogens with one attached hydrogen (secondary N) is 1. The van der Waals surface area contributed by atoms with E-state index in [4.69, 9.17) is 4.74 Å². The topological polar surface area (TPSA) is 99.9 Å². The second kappa shape index (κ2) is 10.8. The summed E-state index contributed by atoms with van der Waals surface area (Å²) in [4.78, 5) is 33.1. The van der Waals surface area contributed by atoms with Crippen LogP contribution in [0, 0.1) is 5.92 Å². The largest absolute Gasteiger partial charge is 0.449 e. The molecule has 0 radical (unpaired) electrons. The summed E-state index contributed by atoms with van der Waals surface area (Å²) in [5, 5.41) is 12.9. The number of amides is 2. The van der Waals surface area contributed by atoms with Crippen molar-refractivity contribution < 1.29 is 19.3 Å². The van der Waals surface area contributed by atoms with E-state index in [-0.39, 0.29) is 12.5 Å². The number of imidazole rings is 1. The van der Waals surface area contributed by atoms with Gasteiger partial charge in [-0.3, -0.25) is 9.69 Å². The molecule has 9 nitrogen and oxygen atoms in total. The third kappa shape index (κ3) is 5.98. The first-order chi connectivity index (χ1) is 14.5. The molecule has 2 aliphatic rings. The third-order valence-corrected chi connectivity index (χ3v) is 6.24. The Morgan fingerprint density at radius 2 is 2.07 bits per heavy atom. The fourth-order valence-electron chi connectivity index (χ4n) is 4.27. The van der Waals surface area contributed by atoms with E-state index < -0.39 is 19.2 Å². The lowest BCUT2D eigenvalue weighted by Gasteiger charge is -2.40. The van der Waals surface area contributed by atoms with Crippen LogP contribution < -0.4 is 5.32 Å². The Balaban J connectivity index is 1.56. The predicted octanol–water partition coefficient (Wildman–Crippen LogP) is 0.892. The smallest absolute Gasteiger partial charge is 0.410 e. The molecule has 166 valence electrons. The number of rotatable bonds is 7. The molecule has 30 heavy (non-hydrogen) atoms. The van der Waals surface area contributed by atoms with Gasteiger partial charge in [0.25, 0.3) is 0 Å². The number of carbonyl (C=O) groups is 2. The molecule has 10 heteroatoms. The van der Waals surface area contributed by atoms with Gasteiger partial charge in [-0.1, -0.05) is 19.3 Å². The third-order valence-electron chi connectivity index (χ3n) is 6.24. The van der Waals surface area contributed by atoms with Crippen molar-refractivity contribution in [3.8, 4) is 0 Å². The maximum Gasteiger partial charge on any atom is 0.410 e. The molecule has 1 saturated carbocycles. The van der Waals surface area contributed by atoms with Crippen LogP contribution in [0.15, 0.2) is 12.5 Å². The normalized spacial score (nSPS) is 20.8. The first-order valence-corrected chi connectivity index (χ1v) is 11.0. The number of nitrogens with zero attached hydrogens (tertiary/aromatic N) is 4. The van der Waals surface area contributed by atoms with Gasteiger partial charge in [0.15, 0.2) is 0 Å².